The van der Waals surface area contributed by atoms with Gasteiger partial charge in [-0.15, -0.1) is 0 Å². The second-order valence-electron chi connectivity index (χ2n) is 4.04. The van der Waals surface area contributed by atoms with Crippen LogP contribution in [0.2, 0.25) is 5.02 Å². The summed E-state index contributed by atoms with van der Waals surface area (Å²) in [4.78, 5) is 13.5. The number of benzene rings is 1. The lowest BCUT2D eigenvalue weighted by molar-refractivity contribution is -0.120. The van der Waals surface area contributed by atoms with Gasteiger partial charge in [0.15, 0.2) is 0 Å². The first-order valence-corrected chi connectivity index (χ1v) is 6.04. The van der Waals surface area contributed by atoms with Gasteiger partial charge in [0, 0.05) is 35.9 Å². The zero-order valence-electron chi connectivity index (χ0n) is 9.79. The monoisotopic (exact) mass is 253 g/mol. The lowest BCUT2D eigenvalue weighted by Gasteiger charge is -2.30. The third-order valence-corrected chi connectivity index (χ3v) is 3.18. The molecule has 17 heavy (non-hydrogen) atoms. The highest BCUT2D eigenvalue weighted by Crippen LogP contribution is 2.27. The fourth-order valence-corrected chi connectivity index (χ4v) is 2.28. The average Bonchev–Trinajstić information content (AvgIpc) is 2.32. The zero-order valence-corrected chi connectivity index (χ0v) is 10.5. The second-order valence-corrected chi connectivity index (χ2v) is 4.45. The van der Waals surface area contributed by atoms with Crippen LogP contribution >= 0.6 is 11.6 Å². The van der Waals surface area contributed by atoms with E-state index in [2.05, 4.69) is 15.5 Å². The van der Waals surface area contributed by atoms with Crippen LogP contribution < -0.4 is 15.5 Å². The van der Waals surface area contributed by atoms with Gasteiger partial charge in [-0.05, 0) is 19.2 Å². The largest absolute Gasteiger partial charge is 0.360 e. The van der Waals surface area contributed by atoms with Crippen molar-refractivity contribution < 1.29 is 4.79 Å². The molecular formula is C12H16ClN3O. The van der Waals surface area contributed by atoms with Crippen LogP contribution in [0.3, 0.4) is 0 Å². The van der Waals surface area contributed by atoms with Crippen LogP contribution in [-0.4, -0.2) is 32.6 Å². The molecule has 1 fully saturated rings. The number of piperazine rings is 1. The van der Waals surface area contributed by atoms with Crippen molar-refractivity contribution in [1.29, 1.82) is 0 Å². The SMILES string of the molecule is CNCc1c(Cl)cccc1N1CCNC(=O)C1. The maximum atomic E-state index is 11.4. The minimum absolute atomic E-state index is 0.0617. The van der Waals surface area contributed by atoms with E-state index in [4.69, 9.17) is 11.6 Å². The van der Waals surface area contributed by atoms with Crippen molar-refractivity contribution in [3.8, 4) is 0 Å². The highest BCUT2D eigenvalue weighted by Gasteiger charge is 2.19. The summed E-state index contributed by atoms with van der Waals surface area (Å²) in [6, 6.07) is 5.81. The molecule has 1 saturated heterocycles. The summed E-state index contributed by atoms with van der Waals surface area (Å²) < 4.78 is 0. The van der Waals surface area contributed by atoms with E-state index in [1.165, 1.54) is 0 Å². The quantitative estimate of drug-likeness (QED) is 0.845. The second kappa shape index (κ2) is 5.38. The molecule has 0 bridgehead atoms. The number of rotatable bonds is 3. The Morgan fingerprint density at radius 2 is 2.35 bits per heavy atom. The van der Waals surface area contributed by atoms with Gasteiger partial charge in [0.25, 0.3) is 0 Å². The molecule has 0 spiro atoms. The van der Waals surface area contributed by atoms with Crippen molar-refractivity contribution in [1.82, 2.24) is 10.6 Å². The number of amides is 1. The molecule has 1 amide bonds. The standard InChI is InChI=1S/C12H16ClN3O/c1-14-7-9-10(13)3-2-4-11(9)16-6-5-15-12(17)8-16/h2-4,14H,5-8H2,1H3,(H,15,17). The molecular weight excluding hydrogens is 238 g/mol. The molecule has 1 aliphatic heterocycles. The molecule has 1 heterocycles. The Bertz CT molecular complexity index is 422. The molecule has 1 aromatic carbocycles. The maximum Gasteiger partial charge on any atom is 0.239 e. The van der Waals surface area contributed by atoms with Crippen LogP contribution in [0, 0.1) is 0 Å². The van der Waals surface area contributed by atoms with E-state index in [0.29, 0.717) is 19.6 Å². The number of carbonyl (C=O) groups excluding carboxylic acids is 1. The number of nitrogens with zero attached hydrogens (tertiary/aromatic N) is 1. The number of anilines is 1. The molecule has 0 radical (unpaired) electrons. The van der Waals surface area contributed by atoms with Crippen molar-refractivity contribution in [3.05, 3.63) is 28.8 Å². The first-order valence-electron chi connectivity index (χ1n) is 5.66. The summed E-state index contributed by atoms with van der Waals surface area (Å²) in [5, 5.41) is 6.66. The predicted molar refractivity (Wildman–Crippen MR) is 69.4 cm³/mol. The average molecular weight is 254 g/mol. The first kappa shape index (κ1) is 12.2. The number of hydrogen-bond acceptors (Lipinski definition) is 3. The van der Waals surface area contributed by atoms with E-state index < -0.39 is 0 Å². The van der Waals surface area contributed by atoms with Gasteiger partial charge in [-0.2, -0.15) is 0 Å². The van der Waals surface area contributed by atoms with Gasteiger partial charge < -0.3 is 15.5 Å². The van der Waals surface area contributed by atoms with E-state index >= 15 is 0 Å². The molecule has 2 rings (SSSR count). The van der Waals surface area contributed by atoms with Crippen LogP contribution in [0.4, 0.5) is 5.69 Å². The molecule has 92 valence electrons. The Morgan fingerprint density at radius 3 is 3.06 bits per heavy atom. The van der Waals surface area contributed by atoms with E-state index in [1.54, 1.807) is 0 Å². The van der Waals surface area contributed by atoms with Crippen molar-refractivity contribution >= 4 is 23.2 Å². The summed E-state index contributed by atoms with van der Waals surface area (Å²) in [6.45, 7) is 2.61. The third-order valence-electron chi connectivity index (χ3n) is 2.83. The minimum Gasteiger partial charge on any atom is -0.360 e. The van der Waals surface area contributed by atoms with Gasteiger partial charge in [-0.3, -0.25) is 4.79 Å². The summed E-state index contributed by atoms with van der Waals surface area (Å²) in [5.74, 6) is 0.0617. The number of hydrogen-bond donors (Lipinski definition) is 2. The molecule has 1 aromatic rings. The van der Waals surface area contributed by atoms with Crippen LogP contribution in [0.5, 0.6) is 0 Å². The van der Waals surface area contributed by atoms with Gasteiger partial charge >= 0.3 is 0 Å². The van der Waals surface area contributed by atoms with E-state index in [9.17, 15) is 4.79 Å². The molecule has 4 nitrogen and oxygen atoms in total. The van der Waals surface area contributed by atoms with Gasteiger partial charge in [0.1, 0.15) is 0 Å². The van der Waals surface area contributed by atoms with E-state index in [-0.39, 0.29) is 5.91 Å². The molecule has 0 unspecified atom stereocenters. The number of nitrogens with one attached hydrogen (secondary N) is 2. The van der Waals surface area contributed by atoms with Crippen LogP contribution in [0.15, 0.2) is 18.2 Å². The van der Waals surface area contributed by atoms with E-state index in [1.807, 2.05) is 25.2 Å². The lowest BCUT2D eigenvalue weighted by Crippen LogP contribution is -2.48. The molecule has 0 saturated carbocycles. The van der Waals surface area contributed by atoms with Crippen molar-refractivity contribution in [2.75, 3.05) is 31.6 Å². The molecule has 0 aromatic heterocycles. The Morgan fingerprint density at radius 1 is 1.53 bits per heavy atom. The predicted octanol–water partition coefficient (Wildman–Crippen LogP) is 0.996. The van der Waals surface area contributed by atoms with Crippen molar-refractivity contribution in [3.63, 3.8) is 0 Å². The molecule has 1 aliphatic rings. The smallest absolute Gasteiger partial charge is 0.239 e. The van der Waals surface area contributed by atoms with Crippen molar-refractivity contribution in [2.45, 2.75) is 6.54 Å². The van der Waals surface area contributed by atoms with Gasteiger partial charge in [0.2, 0.25) is 5.91 Å². The highest BCUT2D eigenvalue weighted by atomic mass is 35.5. The molecule has 0 aliphatic carbocycles. The van der Waals surface area contributed by atoms with Gasteiger partial charge in [-0.25, -0.2) is 0 Å². The fraction of sp³-hybridized carbons (Fsp3) is 0.417. The first-order chi connectivity index (χ1) is 8.22. The fourth-order valence-electron chi connectivity index (χ4n) is 2.04. The Balaban J connectivity index is 2.30. The maximum absolute atomic E-state index is 11.4. The lowest BCUT2D eigenvalue weighted by atomic mass is 10.1. The van der Waals surface area contributed by atoms with E-state index in [0.717, 1.165) is 22.8 Å². The minimum atomic E-state index is 0.0617. The molecule has 5 heteroatoms. The normalized spacial score (nSPS) is 15.9. The van der Waals surface area contributed by atoms with Crippen LogP contribution in [0.25, 0.3) is 0 Å². The topological polar surface area (TPSA) is 44.4 Å². The Hall–Kier alpha value is -1.26. The summed E-state index contributed by atoms with van der Waals surface area (Å²) in [6.07, 6.45) is 0. The summed E-state index contributed by atoms with van der Waals surface area (Å²) in [5.41, 5.74) is 2.09. The van der Waals surface area contributed by atoms with Crippen LogP contribution in [0.1, 0.15) is 5.56 Å². The van der Waals surface area contributed by atoms with Gasteiger partial charge in [0.05, 0.1) is 6.54 Å². The van der Waals surface area contributed by atoms with Crippen molar-refractivity contribution in [2.24, 2.45) is 0 Å². The summed E-state index contributed by atoms with van der Waals surface area (Å²) in [7, 11) is 1.88. The van der Waals surface area contributed by atoms with Crippen LogP contribution in [-0.2, 0) is 11.3 Å². The number of carbonyl (C=O) groups is 1. The zero-order chi connectivity index (χ0) is 12.3. The third kappa shape index (κ3) is 2.70. The Labute approximate surface area is 106 Å². The molecule has 2 N–H and O–H groups in total. The summed E-state index contributed by atoms with van der Waals surface area (Å²) >= 11 is 6.20. The molecule has 0 atom stereocenters. The van der Waals surface area contributed by atoms with Gasteiger partial charge in [-0.1, -0.05) is 17.7 Å². The Kier molecular flexibility index (Phi) is 3.86. The number of halogens is 1. The highest BCUT2D eigenvalue weighted by molar-refractivity contribution is 6.31.